The SMILES string of the molecule is C[C@@H]1CO[C@H](c2ccccc2)[C@@H](C)N1C(=O)c1ccoc1. The third-order valence-corrected chi connectivity index (χ3v) is 4.00. The molecule has 1 aromatic heterocycles. The summed E-state index contributed by atoms with van der Waals surface area (Å²) < 4.78 is 11.0. The van der Waals surface area contributed by atoms with Crippen LogP contribution in [0.4, 0.5) is 0 Å². The zero-order valence-corrected chi connectivity index (χ0v) is 12.2. The summed E-state index contributed by atoms with van der Waals surface area (Å²) in [7, 11) is 0. The third kappa shape index (κ3) is 2.59. The summed E-state index contributed by atoms with van der Waals surface area (Å²) in [5.41, 5.74) is 1.68. The molecule has 1 aliphatic heterocycles. The van der Waals surface area contributed by atoms with E-state index in [1.54, 1.807) is 6.07 Å². The first-order chi connectivity index (χ1) is 10.2. The number of rotatable bonds is 2. The standard InChI is InChI=1S/C17H19NO3/c1-12-10-21-16(14-6-4-3-5-7-14)13(2)18(12)17(19)15-8-9-20-11-15/h3-9,11-13,16H,10H2,1-2H3/t12-,13-,16+/m1/s1. The summed E-state index contributed by atoms with van der Waals surface area (Å²) in [5.74, 6) is -0.00650. The van der Waals surface area contributed by atoms with Gasteiger partial charge in [-0.05, 0) is 25.5 Å². The smallest absolute Gasteiger partial charge is 0.257 e. The number of carbonyl (C=O) groups excluding carboxylic acids is 1. The highest BCUT2D eigenvalue weighted by atomic mass is 16.5. The molecule has 0 spiro atoms. The lowest BCUT2D eigenvalue weighted by Crippen LogP contribution is -2.53. The van der Waals surface area contributed by atoms with Gasteiger partial charge >= 0.3 is 0 Å². The Balaban J connectivity index is 1.87. The van der Waals surface area contributed by atoms with Gasteiger partial charge in [0, 0.05) is 0 Å². The highest BCUT2D eigenvalue weighted by molar-refractivity contribution is 5.94. The van der Waals surface area contributed by atoms with Crippen LogP contribution in [0.2, 0.25) is 0 Å². The van der Waals surface area contributed by atoms with Crippen molar-refractivity contribution in [2.75, 3.05) is 6.61 Å². The lowest BCUT2D eigenvalue weighted by Gasteiger charge is -2.43. The molecule has 3 atom stereocenters. The van der Waals surface area contributed by atoms with Crippen LogP contribution in [-0.4, -0.2) is 29.5 Å². The lowest BCUT2D eigenvalue weighted by molar-refractivity contribution is -0.0806. The number of amides is 1. The van der Waals surface area contributed by atoms with Crippen LogP contribution < -0.4 is 0 Å². The summed E-state index contributed by atoms with van der Waals surface area (Å²) in [6, 6.07) is 11.8. The van der Waals surface area contributed by atoms with E-state index in [1.165, 1.54) is 12.5 Å². The lowest BCUT2D eigenvalue weighted by atomic mass is 9.98. The van der Waals surface area contributed by atoms with E-state index in [4.69, 9.17) is 9.15 Å². The van der Waals surface area contributed by atoms with Gasteiger partial charge in [0.2, 0.25) is 0 Å². The molecule has 0 N–H and O–H groups in total. The molecule has 2 heterocycles. The van der Waals surface area contributed by atoms with Crippen molar-refractivity contribution in [2.24, 2.45) is 0 Å². The molecule has 0 aliphatic carbocycles. The van der Waals surface area contributed by atoms with Gasteiger partial charge in [-0.2, -0.15) is 0 Å². The molecule has 110 valence electrons. The Morgan fingerprint density at radius 3 is 2.62 bits per heavy atom. The summed E-state index contributed by atoms with van der Waals surface area (Å²) in [6.45, 7) is 4.58. The van der Waals surface area contributed by atoms with Crippen LogP contribution in [-0.2, 0) is 4.74 Å². The fourth-order valence-corrected chi connectivity index (χ4v) is 2.95. The van der Waals surface area contributed by atoms with Crippen molar-refractivity contribution >= 4 is 5.91 Å². The summed E-state index contributed by atoms with van der Waals surface area (Å²) in [4.78, 5) is 14.6. The Morgan fingerprint density at radius 2 is 1.95 bits per heavy atom. The minimum absolute atomic E-state index is 0.00650. The number of benzene rings is 1. The van der Waals surface area contributed by atoms with Gasteiger partial charge in [0.1, 0.15) is 12.4 Å². The number of hydrogen-bond donors (Lipinski definition) is 0. The van der Waals surface area contributed by atoms with Crippen molar-refractivity contribution in [1.82, 2.24) is 4.90 Å². The molecule has 0 bridgehead atoms. The fourth-order valence-electron chi connectivity index (χ4n) is 2.95. The van der Waals surface area contributed by atoms with Gasteiger partial charge in [-0.3, -0.25) is 4.79 Å². The quantitative estimate of drug-likeness (QED) is 0.850. The van der Waals surface area contributed by atoms with Crippen LogP contribution in [0.15, 0.2) is 53.3 Å². The van der Waals surface area contributed by atoms with Crippen LogP contribution in [0, 0.1) is 0 Å². The highest BCUT2D eigenvalue weighted by Crippen LogP contribution is 2.31. The first-order valence-electron chi connectivity index (χ1n) is 7.20. The Hall–Kier alpha value is -2.07. The molecule has 21 heavy (non-hydrogen) atoms. The second-order valence-electron chi connectivity index (χ2n) is 5.48. The molecule has 0 unspecified atom stereocenters. The summed E-state index contributed by atoms with van der Waals surface area (Å²) in [6.07, 6.45) is 2.92. The fraction of sp³-hybridized carbons (Fsp3) is 0.353. The second-order valence-corrected chi connectivity index (χ2v) is 5.48. The molecule has 1 amide bonds. The van der Waals surface area contributed by atoms with E-state index in [2.05, 4.69) is 0 Å². The van der Waals surface area contributed by atoms with Crippen LogP contribution in [0.25, 0.3) is 0 Å². The van der Waals surface area contributed by atoms with Gasteiger partial charge in [-0.25, -0.2) is 0 Å². The molecule has 1 saturated heterocycles. The van der Waals surface area contributed by atoms with Crippen molar-refractivity contribution in [3.63, 3.8) is 0 Å². The first-order valence-corrected chi connectivity index (χ1v) is 7.20. The minimum Gasteiger partial charge on any atom is -0.472 e. The van der Waals surface area contributed by atoms with Gasteiger partial charge in [-0.1, -0.05) is 30.3 Å². The zero-order chi connectivity index (χ0) is 14.8. The number of nitrogens with zero attached hydrogens (tertiary/aromatic N) is 1. The average Bonchev–Trinajstić information content (AvgIpc) is 3.02. The van der Waals surface area contributed by atoms with Gasteiger partial charge in [0.05, 0.1) is 30.5 Å². The predicted molar refractivity (Wildman–Crippen MR) is 78.9 cm³/mol. The first kappa shape index (κ1) is 13.9. The topological polar surface area (TPSA) is 42.7 Å². The van der Waals surface area contributed by atoms with Crippen molar-refractivity contribution in [2.45, 2.75) is 32.0 Å². The number of ether oxygens (including phenoxy) is 1. The zero-order valence-electron chi connectivity index (χ0n) is 12.2. The number of morpholine rings is 1. The van der Waals surface area contributed by atoms with Gasteiger partial charge in [0.25, 0.3) is 5.91 Å². The van der Waals surface area contributed by atoms with E-state index in [9.17, 15) is 4.79 Å². The Kier molecular flexibility index (Phi) is 3.80. The Labute approximate surface area is 124 Å². The molecule has 4 heteroatoms. The van der Waals surface area contributed by atoms with Crippen LogP contribution >= 0.6 is 0 Å². The largest absolute Gasteiger partial charge is 0.472 e. The summed E-state index contributed by atoms with van der Waals surface area (Å²) >= 11 is 0. The Bertz CT molecular complexity index is 594. The van der Waals surface area contributed by atoms with Crippen LogP contribution in [0.1, 0.15) is 35.9 Å². The molecule has 1 aliphatic rings. The number of carbonyl (C=O) groups is 1. The average molecular weight is 285 g/mol. The normalized spacial score (nSPS) is 25.8. The Morgan fingerprint density at radius 1 is 1.19 bits per heavy atom. The van der Waals surface area contributed by atoms with Crippen molar-refractivity contribution in [3.05, 3.63) is 60.1 Å². The van der Waals surface area contributed by atoms with Crippen molar-refractivity contribution < 1.29 is 13.9 Å². The van der Waals surface area contributed by atoms with E-state index in [0.29, 0.717) is 12.2 Å². The number of furan rings is 1. The maximum Gasteiger partial charge on any atom is 0.257 e. The third-order valence-electron chi connectivity index (χ3n) is 4.00. The molecular weight excluding hydrogens is 266 g/mol. The monoisotopic (exact) mass is 285 g/mol. The minimum atomic E-state index is -0.0988. The predicted octanol–water partition coefficient (Wildman–Crippen LogP) is 3.27. The summed E-state index contributed by atoms with van der Waals surface area (Å²) in [5, 5.41) is 0. The maximum atomic E-state index is 12.7. The van der Waals surface area contributed by atoms with Crippen molar-refractivity contribution in [1.29, 1.82) is 0 Å². The van der Waals surface area contributed by atoms with E-state index in [-0.39, 0.29) is 24.1 Å². The van der Waals surface area contributed by atoms with Crippen LogP contribution in [0.5, 0.6) is 0 Å². The van der Waals surface area contributed by atoms with Gasteiger partial charge in [-0.15, -0.1) is 0 Å². The second kappa shape index (κ2) is 5.74. The molecule has 0 radical (unpaired) electrons. The number of hydrogen-bond acceptors (Lipinski definition) is 3. The molecule has 2 aromatic rings. The molecule has 3 rings (SSSR count). The van der Waals surface area contributed by atoms with Crippen LogP contribution in [0.3, 0.4) is 0 Å². The highest BCUT2D eigenvalue weighted by Gasteiger charge is 2.37. The molecular formula is C17H19NO3. The van der Waals surface area contributed by atoms with E-state index < -0.39 is 0 Å². The maximum absolute atomic E-state index is 12.7. The van der Waals surface area contributed by atoms with E-state index in [0.717, 1.165) is 5.56 Å². The van der Waals surface area contributed by atoms with Crippen molar-refractivity contribution in [3.8, 4) is 0 Å². The molecule has 1 aromatic carbocycles. The molecule has 4 nitrogen and oxygen atoms in total. The van der Waals surface area contributed by atoms with E-state index >= 15 is 0 Å². The molecule has 0 saturated carbocycles. The van der Waals surface area contributed by atoms with Gasteiger partial charge in [0.15, 0.2) is 0 Å². The molecule has 1 fully saturated rings. The van der Waals surface area contributed by atoms with Gasteiger partial charge < -0.3 is 14.1 Å². The van der Waals surface area contributed by atoms with E-state index in [1.807, 2.05) is 49.1 Å².